The van der Waals surface area contributed by atoms with Crippen LogP contribution in [-0.4, -0.2) is 12.5 Å². The van der Waals surface area contributed by atoms with Crippen LogP contribution in [0.15, 0.2) is 30.4 Å². The van der Waals surface area contributed by atoms with E-state index in [0.29, 0.717) is 5.88 Å². The summed E-state index contributed by atoms with van der Waals surface area (Å²) in [5.41, 5.74) is 0. The Morgan fingerprint density at radius 1 is 1.29 bits per heavy atom. The molecule has 0 saturated heterocycles. The molecule has 0 N–H and O–H groups in total. The Bertz CT molecular complexity index is 326. The second-order valence-electron chi connectivity index (χ2n) is 2.49. The van der Waals surface area contributed by atoms with Crippen molar-refractivity contribution in [3.05, 3.63) is 42.0 Å². The molecule has 14 heavy (non-hydrogen) atoms. The lowest BCUT2D eigenvalue weighted by molar-refractivity contribution is 0.332. The summed E-state index contributed by atoms with van der Waals surface area (Å²) >= 11 is 5.36. The van der Waals surface area contributed by atoms with Crippen LogP contribution in [0.1, 0.15) is 0 Å². The number of alkyl halides is 1. The highest BCUT2D eigenvalue weighted by molar-refractivity contribution is 6.18. The van der Waals surface area contributed by atoms with Gasteiger partial charge in [-0.15, -0.1) is 11.6 Å². The third kappa shape index (κ3) is 3.00. The van der Waals surface area contributed by atoms with Gasteiger partial charge in [-0.25, -0.2) is 4.39 Å². The minimum atomic E-state index is -0.966. The lowest BCUT2D eigenvalue weighted by Crippen LogP contribution is -1.97. The van der Waals surface area contributed by atoms with E-state index in [1.165, 1.54) is 12.1 Å². The number of rotatable bonds is 4. The van der Waals surface area contributed by atoms with Crippen molar-refractivity contribution in [3.63, 3.8) is 0 Å². The van der Waals surface area contributed by atoms with Gasteiger partial charge in [0.25, 0.3) is 0 Å². The molecule has 0 atom stereocenters. The molecule has 0 fully saturated rings. The molecule has 1 rings (SSSR count). The molecular weight excluding hydrogens is 210 g/mol. The van der Waals surface area contributed by atoms with Crippen molar-refractivity contribution >= 4 is 11.6 Å². The second kappa shape index (κ2) is 5.60. The summed E-state index contributed by atoms with van der Waals surface area (Å²) in [5.74, 6) is -1.60. The molecule has 0 aromatic heterocycles. The molecule has 0 saturated carbocycles. The first-order chi connectivity index (χ1) is 6.75. The van der Waals surface area contributed by atoms with Crippen LogP contribution < -0.4 is 4.74 Å². The first kappa shape index (κ1) is 11.0. The van der Waals surface area contributed by atoms with Crippen LogP contribution in [0.5, 0.6) is 5.75 Å². The average molecular weight is 219 g/mol. The van der Waals surface area contributed by atoms with Crippen LogP contribution in [0.3, 0.4) is 0 Å². The standard InChI is InChI=1S/C10H9ClF2O/c11-6-1-2-7-14-9-5-3-4-8(12)10(9)13/h1-5H,6-7H2. The Hall–Kier alpha value is -1.09. The molecule has 0 aliphatic carbocycles. The maximum absolute atomic E-state index is 13.0. The van der Waals surface area contributed by atoms with Gasteiger partial charge in [0, 0.05) is 5.88 Å². The minimum absolute atomic E-state index is 0.0933. The van der Waals surface area contributed by atoms with E-state index in [1.807, 2.05) is 0 Å². The van der Waals surface area contributed by atoms with Crippen molar-refractivity contribution in [1.82, 2.24) is 0 Å². The first-order valence-corrected chi connectivity index (χ1v) is 4.57. The molecule has 0 spiro atoms. The van der Waals surface area contributed by atoms with Crippen molar-refractivity contribution in [1.29, 1.82) is 0 Å². The van der Waals surface area contributed by atoms with E-state index in [9.17, 15) is 8.78 Å². The van der Waals surface area contributed by atoms with Gasteiger partial charge >= 0.3 is 0 Å². The monoisotopic (exact) mass is 218 g/mol. The fourth-order valence-electron chi connectivity index (χ4n) is 0.864. The van der Waals surface area contributed by atoms with Crippen molar-refractivity contribution in [3.8, 4) is 5.75 Å². The summed E-state index contributed by atoms with van der Waals surface area (Å²) in [6, 6.07) is 3.79. The van der Waals surface area contributed by atoms with Crippen LogP contribution >= 0.6 is 11.6 Å². The van der Waals surface area contributed by atoms with Gasteiger partial charge in [-0.2, -0.15) is 4.39 Å². The molecule has 0 aliphatic rings. The van der Waals surface area contributed by atoms with Gasteiger partial charge in [0.05, 0.1) is 0 Å². The molecule has 0 heterocycles. The summed E-state index contributed by atoms with van der Waals surface area (Å²) in [6.45, 7) is 0.174. The maximum Gasteiger partial charge on any atom is 0.200 e. The zero-order chi connectivity index (χ0) is 10.4. The highest BCUT2D eigenvalue weighted by Crippen LogP contribution is 2.18. The highest BCUT2D eigenvalue weighted by Gasteiger charge is 2.07. The third-order valence-corrected chi connectivity index (χ3v) is 1.69. The van der Waals surface area contributed by atoms with E-state index in [2.05, 4.69) is 0 Å². The molecule has 4 heteroatoms. The molecule has 0 unspecified atom stereocenters. The van der Waals surface area contributed by atoms with Crippen LogP contribution in [0, 0.1) is 11.6 Å². The van der Waals surface area contributed by atoms with E-state index in [1.54, 1.807) is 12.2 Å². The fourth-order valence-corrected chi connectivity index (χ4v) is 0.990. The average Bonchev–Trinajstić information content (AvgIpc) is 2.19. The zero-order valence-electron chi connectivity index (χ0n) is 7.34. The molecule has 1 nitrogen and oxygen atoms in total. The number of hydrogen-bond acceptors (Lipinski definition) is 1. The number of benzene rings is 1. The molecular formula is C10H9ClF2O. The predicted molar refractivity (Wildman–Crippen MR) is 51.7 cm³/mol. The van der Waals surface area contributed by atoms with Gasteiger partial charge < -0.3 is 4.74 Å². The van der Waals surface area contributed by atoms with Gasteiger partial charge in [-0.3, -0.25) is 0 Å². The lowest BCUT2D eigenvalue weighted by Gasteiger charge is -2.04. The minimum Gasteiger partial charge on any atom is -0.486 e. The summed E-state index contributed by atoms with van der Waals surface area (Å²) < 4.78 is 30.6. The van der Waals surface area contributed by atoms with Gasteiger partial charge in [0.2, 0.25) is 5.82 Å². The Kier molecular flexibility index (Phi) is 4.40. The normalized spacial score (nSPS) is 10.8. The van der Waals surface area contributed by atoms with E-state index >= 15 is 0 Å². The van der Waals surface area contributed by atoms with Crippen molar-refractivity contribution in [2.45, 2.75) is 0 Å². The molecule has 0 amide bonds. The highest BCUT2D eigenvalue weighted by atomic mass is 35.5. The maximum atomic E-state index is 13.0. The Morgan fingerprint density at radius 2 is 2.07 bits per heavy atom. The topological polar surface area (TPSA) is 9.23 Å². The van der Waals surface area contributed by atoms with Crippen molar-refractivity contribution in [2.75, 3.05) is 12.5 Å². The largest absolute Gasteiger partial charge is 0.486 e. The third-order valence-electron chi connectivity index (χ3n) is 1.51. The Labute approximate surface area is 85.9 Å². The zero-order valence-corrected chi connectivity index (χ0v) is 8.10. The predicted octanol–water partition coefficient (Wildman–Crippen LogP) is 3.14. The number of hydrogen-bond donors (Lipinski definition) is 0. The summed E-state index contributed by atoms with van der Waals surface area (Å²) in [4.78, 5) is 0. The van der Waals surface area contributed by atoms with E-state index < -0.39 is 11.6 Å². The lowest BCUT2D eigenvalue weighted by atomic mass is 10.3. The molecule has 1 aromatic carbocycles. The van der Waals surface area contributed by atoms with Crippen LogP contribution in [0.2, 0.25) is 0 Å². The number of halogens is 3. The molecule has 0 radical (unpaired) electrons. The Balaban J connectivity index is 2.59. The fraction of sp³-hybridized carbons (Fsp3) is 0.200. The second-order valence-corrected chi connectivity index (χ2v) is 2.80. The van der Waals surface area contributed by atoms with Gasteiger partial charge in [0.15, 0.2) is 11.6 Å². The molecule has 0 aliphatic heterocycles. The number of ether oxygens (including phenoxy) is 1. The van der Waals surface area contributed by atoms with Crippen molar-refractivity contribution < 1.29 is 13.5 Å². The molecule has 1 aromatic rings. The van der Waals surface area contributed by atoms with E-state index in [4.69, 9.17) is 16.3 Å². The Morgan fingerprint density at radius 3 is 2.79 bits per heavy atom. The van der Waals surface area contributed by atoms with Crippen molar-refractivity contribution in [2.24, 2.45) is 0 Å². The van der Waals surface area contributed by atoms with Gasteiger partial charge in [-0.1, -0.05) is 18.2 Å². The van der Waals surface area contributed by atoms with Crippen LogP contribution in [-0.2, 0) is 0 Å². The van der Waals surface area contributed by atoms with Crippen LogP contribution in [0.25, 0.3) is 0 Å². The summed E-state index contributed by atoms with van der Waals surface area (Å²) in [6.07, 6.45) is 3.30. The summed E-state index contributed by atoms with van der Waals surface area (Å²) in [5, 5.41) is 0. The van der Waals surface area contributed by atoms with Crippen LogP contribution in [0.4, 0.5) is 8.78 Å². The van der Waals surface area contributed by atoms with Gasteiger partial charge in [0.1, 0.15) is 6.61 Å². The van der Waals surface area contributed by atoms with Gasteiger partial charge in [-0.05, 0) is 12.1 Å². The smallest absolute Gasteiger partial charge is 0.200 e. The SMILES string of the molecule is Fc1cccc(OCC=CCCl)c1F. The van der Waals surface area contributed by atoms with E-state index in [0.717, 1.165) is 6.07 Å². The number of allylic oxidation sites excluding steroid dienone is 1. The molecule has 0 bridgehead atoms. The summed E-state index contributed by atoms with van der Waals surface area (Å²) in [7, 11) is 0. The first-order valence-electron chi connectivity index (χ1n) is 4.03. The van der Waals surface area contributed by atoms with E-state index in [-0.39, 0.29) is 12.4 Å². The molecule has 76 valence electrons. The quantitative estimate of drug-likeness (QED) is 0.557.